The van der Waals surface area contributed by atoms with Crippen molar-refractivity contribution in [3.63, 3.8) is 0 Å². The molecule has 2 bridgehead atoms. The second-order valence-corrected chi connectivity index (χ2v) is 11.6. The Labute approximate surface area is 234 Å². The fraction of sp³-hybridized carbons (Fsp3) is 0.367. The van der Waals surface area contributed by atoms with Gasteiger partial charge in [0.2, 0.25) is 0 Å². The predicted molar refractivity (Wildman–Crippen MR) is 143 cm³/mol. The minimum atomic E-state index is -1.50. The number of rotatable bonds is 10. The minimum absolute atomic E-state index is 0.0410. The summed E-state index contributed by atoms with van der Waals surface area (Å²) in [5, 5.41) is 29.0. The standard InChI is InChI=1S/C30H29FO8S/c1-16-2-5-19(10-18(16)11-21-8-9-26(40-21)17-3-6-20(31)7-4-17)30-24(14-29(36)37)22(12-27(32)33)23(13-28(34)35)25(39-30)15-38-30/h2-10,22-25H,11-15H2,1H3,(H,32,33)(H,34,35)(H,36,37)/t22-,23+,24+,25-,30?/m0/s1. The first-order chi connectivity index (χ1) is 19.1. The molecule has 2 aliphatic rings. The van der Waals surface area contributed by atoms with Gasteiger partial charge in [0, 0.05) is 40.0 Å². The molecule has 2 aliphatic heterocycles. The minimum Gasteiger partial charge on any atom is -0.481 e. The lowest BCUT2D eigenvalue weighted by atomic mass is 9.67. The smallest absolute Gasteiger partial charge is 0.303 e. The topological polar surface area (TPSA) is 130 Å². The van der Waals surface area contributed by atoms with Gasteiger partial charge < -0.3 is 24.8 Å². The van der Waals surface area contributed by atoms with Gasteiger partial charge in [-0.15, -0.1) is 11.3 Å². The second kappa shape index (κ2) is 11.1. The van der Waals surface area contributed by atoms with E-state index in [9.17, 15) is 34.1 Å². The van der Waals surface area contributed by atoms with Crippen LogP contribution in [-0.2, 0) is 36.1 Å². The Morgan fingerprint density at radius 1 is 0.925 bits per heavy atom. The summed E-state index contributed by atoms with van der Waals surface area (Å²) >= 11 is 1.59. The van der Waals surface area contributed by atoms with Crippen molar-refractivity contribution in [2.75, 3.05) is 6.61 Å². The number of thiophene rings is 1. The Kier molecular flexibility index (Phi) is 7.76. The largest absolute Gasteiger partial charge is 0.481 e. The van der Waals surface area contributed by atoms with Gasteiger partial charge in [-0.05, 0) is 59.9 Å². The first-order valence-corrected chi connectivity index (χ1v) is 13.8. The van der Waals surface area contributed by atoms with Crippen LogP contribution in [0, 0.1) is 30.5 Å². The molecule has 2 fully saturated rings. The number of fused-ring (bicyclic) bond motifs is 2. The Morgan fingerprint density at radius 3 is 2.27 bits per heavy atom. The summed E-state index contributed by atoms with van der Waals surface area (Å²) in [7, 11) is 0. The van der Waals surface area contributed by atoms with Crippen LogP contribution in [0.3, 0.4) is 0 Å². The van der Waals surface area contributed by atoms with E-state index in [4.69, 9.17) is 9.47 Å². The monoisotopic (exact) mass is 568 g/mol. The van der Waals surface area contributed by atoms with Gasteiger partial charge in [0.05, 0.1) is 25.6 Å². The molecule has 40 heavy (non-hydrogen) atoms. The van der Waals surface area contributed by atoms with Crippen LogP contribution in [0.15, 0.2) is 54.6 Å². The summed E-state index contributed by atoms with van der Waals surface area (Å²) in [4.78, 5) is 37.5. The van der Waals surface area contributed by atoms with Crippen molar-refractivity contribution in [2.24, 2.45) is 17.8 Å². The number of ether oxygens (including phenoxy) is 2. The van der Waals surface area contributed by atoms with E-state index in [0.717, 1.165) is 26.4 Å². The predicted octanol–water partition coefficient (Wildman–Crippen LogP) is 5.31. The number of aliphatic carboxylic acids is 3. The van der Waals surface area contributed by atoms with Gasteiger partial charge in [0.1, 0.15) is 5.82 Å². The van der Waals surface area contributed by atoms with Crippen LogP contribution in [-0.4, -0.2) is 45.9 Å². The van der Waals surface area contributed by atoms with Crippen molar-refractivity contribution >= 4 is 29.2 Å². The van der Waals surface area contributed by atoms with Crippen LogP contribution in [0.2, 0.25) is 0 Å². The van der Waals surface area contributed by atoms with E-state index in [1.54, 1.807) is 23.5 Å². The van der Waals surface area contributed by atoms with Crippen LogP contribution >= 0.6 is 11.3 Å². The molecule has 3 N–H and O–H groups in total. The molecule has 0 radical (unpaired) electrons. The fourth-order valence-electron chi connectivity index (χ4n) is 6.09. The second-order valence-electron chi connectivity index (χ2n) is 10.5. The molecule has 1 unspecified atom stereocenters. The maximum absolute atomic E-state index is 13.4. The maximum atomic E-state index is 13.4. The van der Waals surface area contributed by atoms with Gasteiger partial charge in [-0.3, -0.25) is 14.4 Å². The summed E-state index contributed by atoms with van der Waals surface area (Å²) in [6.07, 6.45) is -1.26. The molecule has 0 amide bonds. The zero-order valence-corrected chi connectivity index (χ0v) is 22.5. The van der Waals surface area contributed by atoms with Crippen molar-refractivity contribution in [1.29, 1.82) is 0 Å². The normalized spacial score (nSPS) is 25.6. The van der Waals surface area contributed by atoms with Crippen molar-refractivity contribution in [2.45, 2.75) is 44.5 Å². The molecule has 210 valence electrons. The van der Waals surface area contributed by atoms with Crippen molar-refractivity contribution in [3.8, 4) is 10.4 Å². The van der Waals surface area contributed by atoms with Gasteiger partial charge in [-0.1, -0.05) is 24.3 Å². The first kappa shape index (κ1) is 27.9. The average Bonchev–Trinajstić information content (AvgIpc) is 3.52. The highest BCUT2D eigenvalue weighted by molar-refractivity contribution is 7.15. The van der Waals surface area contributed by atoms with E-state index in [-0.39, 0.29) is 25.3 Å². The zero-order valence-electron chi connectivity index (χ0n) is 21.7. The Balaban J connectivity index is 1.50. The number of carboxylic acid groups (broad SMARTS) is 3. The van der Waals surface area contributed by atoms with E-state index < -0.39 is 54.0 Å². The van der Waals surface area contributed by atoms with Crippen LogP contribution in [0.1, 0.15) is 40.8 Å². The Bertz CT molecular complexity index is 1430. The fourth-order valence-corrected chi connectivity index (χ4v) is 7.12. The number of hydrogen-bond acceptors (Lipinski definition) is 6. The summed E-state index contributed by atoms with van der Waals surface area (Å²) in [5.41, 5.74) is 3.47. The summed E-state index contributed by atoms with van der Waals surface area (Å²) in [6, 6.07) is 15.9. The summed E-state index contributed by atoms with van der Waals surface area (Å²) in [5.74, 6) is -7.57. The van der Waals surface area contributed by atoms with E-state index in [0.29, 0.717) is 12.0 Å². The number of halogens is 1. The number of carbonyl (C=O) groups is 3. The lowest BCUT2D eigenvalue weighted by molar-refractivity contribution is -0.265. The number of aryl methyl sites for hydroxylation is 1. The van der Waals surface area contributed by atoms with Crippen molar-refractivity contribution in [1.82, 2.24) is 0 Å². The van der Waals surface area contributed by atoms with Crippen LogP contribution in [0.25, 0.3) is 10.4 Å². The van der Waals surface area contributed by atoms with Gasteiger partial charge in [-0.25, -0.2) is 4.39 Å². The van der Waals surface area contributed by atoms with E-state index >= 15 is 0 Å². The molecule has 8 nitrogen and oxygen atoms in total. The van der Waals surface area contributed by atoms with E-state index in [2.05, 4.69) is 0 Å². The van der Waals surface area contributed by atoms with E-state index in [1.807, 2.05) is 37.3 Å². The molecule has 0 saturated carbocycles. The molecule has 2 aromatic carbocycles. The maximum Gasteiger partial charge on any atom is 0.303 e. The molecule has 2 saturated heterocycles. The molecule has 5 rings (SSSR count). The highest BCUT2D eigenvalue weighted by atomic mass is 32.1. The van der Waals surface area contributed by atoms with Gasteiger partial charge in [0.15, 0.2) is 5.79 Å². The molecule has 0 aliphatic carbocycles. The molecular formula is C30H29FO8S. The van der Waals surface area contributed by atoms with Crippen LogP contribution in [0.4, 0.5) is 4.39 Å². The number of benzene rings is 2. The molecular weight excluding hydrogens is 539 g/mol. The number of hydrogen-bond donors (Lipinski definition) is 3. The van der Waals surface area contributed by atoms with Gasteiger partial charge in [-0.2, -0.15) is 0 Å². The Hall–Kier alpha value is -3.60. The number of carboxylic acids is 3. The zero-order chi connectivity index (χ0) is 28.6. The third-order valence-corrected chi connectivity index (χ3v) is 9.08. The van der Waals surface area contributed by atoms with Crippen molar-refractivity contribution in [3.05, 3.63) is 82.0 Å². The molecule has 10 heteroatoms. The average molecular weight is 569 g/mol. The van der Waals surface area contributed by atoms with Gasteiger partial charge >= 0.3 is 17.9 Å². The lowest BCUT2D eigenvalue weighted by Gasteiger charge is -2.47. The molecule has 0 spiro atoms. The quantitative estimate of drug-likeness (QED) is 0.300. The molecule has 3 heterocycles. The van der Waals surface area contributed by atoms with Crippen LogP contribution < -0.4 is 0 Å². The highest BCUT2D eigenvalue weighted by Gasteiger charge is 2.61. The SMILES string of the molecule is Cc1ccc(C23OC[C@H](O2)[C@H](CC(=O)O)[C@H](CC(=O)O)[C@H]3CC(=O)O)cc1Cc1ccc(-c2ccc(F)cc2)s1. The third kappa shape index (κ3) is 5.52. The van der Waals surface area contributed by atoms with Crippen LogP contribution in [0.5, 0.6) is 0 Å². The molecule has 3 aromatic rings. The molecule has 1 aromatic heterocycles. The summed E-state index contributed by atoms with van der Waals surface area (Å²) in [6.45, 7) is 2.01. The van der Waals surface area contributed by atoms with E-state index in [1.165, 1.54) is 12.1 Å². The highest BCUT2D eigenvalue weighted by Crippen LogP contribution is 2.55. The summed E-state index contributed by atoms with van der Waals surface area (Å²) < 4.78 is 25.9. The first-order valence-electron chi connectivity index (χ1n) is 13.0. The van der Waals surface area contributed by atoms with Crippen molar-refractivity contribution < 1.29 is 43.6 Å². The third-order valence-electron chi connectivity index (χ3n) is 7.94. The lowest BCUT2D eigenvalue weighted by Crippen LogP contribution is -2.51. The van der Waals surface area contributed by atoms with Gasteiger partial charge in [0.25, 0.3) is 0 Å². The Morgan fingerprint density at radius 2 is 1.60 bits per heavy atom. The molecule has 5 atom stereocenters.